The van der Waals surface area contributed by atoms with Crippen LogP contribution < -0.4 is 5.56 Å². The van der Waals surface area contributed by atoms with Crippen LogP contribution >= 0.6 is 0 Å². The molecule has 0 bridgehead atoms. The van der Waals surface area contributed by atoms with Crippen LogP contribution in [0.15, 0.2) is 16.9 Å². The summed E-state index contributed by atoms with van der Waals surface area (Å²) in [5.74, 6) is -1.20. The largest absolute Gasteiger partial charge is 0.480 e. The molecule has 2 atom stereocenters. The lowest BCUT2D eigenvalue weighted by Gasteiger charge is -2.36. The quantitative estimate of drug-likeness (QED) is 0.881. The monoisotopic (exact) mass is 292 g/mol. The second kappa shape index (κ2) is 6.11. The summed E-state index contributed by atoms with van der Waals surface area (Å²) in [4.78, 5) is 39.7. The average molecular weight is 292 g/mol. The van der Waals surface area contributed by atoms with Crippen LogP contribution in [0.1, 0.15) is 42.2 Å². The van der Waals surface area contributed by atoms with E-state index in [1.165, 1.54) is 11.0 Å². The summed E-state index contributed by atoms with van der Waals surface area (Å²) in [5, 5.41) is 9.35. The third-order valence-electron chi connectivity index (χ3n) is 4.12. The standard InChI is InChI=1S/C15H20N2O4/c1-3-10-6-7-17(12(8-10)15(20)21)14(19)11-5-4-9(2)16-13(11)18/h4-5,10,12H,3,6-8H2,1-2H3,(H,16,18)(H,20,21). The third-order valence-corrected chi connectivity index (χ3v) is 4.12. The first-order valence-corrected chi connectivity index (χ1v) is 7.17. The van der Waals surface area contributed by atoms with Crippen LogP contribution in [0.3, 0.4) is 0 Å². The van der Waals surface area contributed by atoms with E-state index in [0.29, 0.717) is 24.6 Å². The lowest BCUT2D eigenvalue weighted by molar-refractivity contribution is -0.144. The molecule has 2 N–H and O–H groups in total. The number of carboxylic acids is 1. The second-order valence-corrected chi connectivity index (χ2v) is 5.54. The van der Waals surface area contributed by atoms with Gasteiger partial charge in [-0.25, -0.2) is 4.79 Å². The Bertz CT molecular complexity index is 608. The number of carboxylic acid groups (broad SMARTS) is 1. The molecular formula is C15H20N2O4. The number of hydrogen-bond donors (Lipinski definition) is 2. The summed E-state index contributed by atoms with van der Waals surface area (Å²) >= 11 is 0. The number of hydrogen-bond acceptors (Lipinski definition) is 3. The Morgan fingerprint density at radius 2 is 2.14 bits per heavy atom. The summed E-state index contributed by atoms with van der Waals surface area (Å²) in [6.45, 7) is 4.12. The van der Waals surface area contributed by atoms with Crippen LogP contribution in [0, 0.1) is 12.8 Å². The molecule has 0 spiro atoms. The number of nitrogens with one attached hydrogen (secondary N) is 1. The van der Waals surface area contributed by atoms with Crippen LogP contribution in [0.5, 0.6) is 0 Å². The zero-order valence-corrected chi connectivity index (χ0v) is 12.3. The van der Waals surface area contributed by atoms with Gasteiger partial charge in [0.15, 0.2) is 0 Å². The smallest absolute Gasteiger partial charge is 0.326 e. The number of aliphatic carboxylic acids is 1. The number of piperidine rings is 1. The van der Waals surface area contributed by atoms with Gasteiger partial charge >= 0.3 is 5.97 Å². The van der Waals surface area contributed by atoms with E-state index in [2.05, 4.69) is 4.98 Å². The van der Waals surface area contributed by atoms with Crippen molar-refractivity contribution in [3.05, 3.63) is 33.7 Å². The van der Waals surface area contributed by atoms with Crippen molar-refractivity contribution >= 4 is 11.9 Å². The predicted octanol–water partition coefficient (Wildman–Crippen LogP) is 1.40. The Balaban J connectivity index is 2.28. The molecule has 21 heavy (non-hydrogen) atoms. The van der Waals surface area contributed by atoms with Gasteiger partial charge in [-0.3, -0.25) is 9.59 Å². The molecule has 2 rings (SSSR count). The van der Waals surface area contributed by atoms with Gasteiger partial charge in [-0.1, -0.05) is 13.3 Å². The fourth-order valence-corrected chi connectivity index (χ4v) is 2.78. The van der Waals surface area contributed by atoms with E-state index in [0.717, 1.165) is 12.8 Å². The van der Waals surface area contributed by atoms with Crippen LogP contribution in [0.4, 0.5) is 0 Å². The molecule has 2 unspecified atom stereocenters. The van der Waals surface area contributed by atoms with Crippen molar-refractivity contribution in [3.8, 4) is 0 Å². The number of aromatic amines is 1. The van der Waals surface area contributed by atoms with Crippen molar-refractivity contribution in [1.29, 1.82) is 0 Å². The fourth-order valence-electron chi connectivity index (χ4n) is 2.78. The predicted molar refractivity (Wildman–Crippen MR) is 77.3 cm³/mol. The molecule has 2 heterocycles. The topological polar surface area (TPSA) is 90.5 Å². The Labute approximate surface area is 122 Å². The number of aromatic nitrogens is 1. The fraction of sp³-hybridized carbons (Fsp3) is 0.533. The van der Waals surface area contributed by atoms with Crippen molar-refractivity contribution in [3.63, 3.8) is 0 Å². The number of amides is 1. The van der Waals surface area contributed by atoms with Gasteiger partial charge < -0.3 is 15.0 Å². The molecule has 1 amide bonds. The normalized spacial score (nSPS) is 22.1. The highest BCUT2D eigenvalue weighted by Gasteiger charge is 2.36. The van der Waals surface area contributed by atoms with E-state index < -0.39 is 23.5 Å². The lowest BCUT2D eigenvalue weighted by atomic mass is 9.88. The average Bonchev–Trinajstić information content (AvgIpc) is 2.46. The molecule has 1 saturated heterocycles. The van der Waals surface area contributed by atoms with Crippen LogP contribution in [0.25, 0.3) is 0 Å². The van der Waals surface area contributed by atoms with Crippen LogP contribution in [-0.2, 0) is 4.79 Å². The van der Waals surface area contributed by atoms with E-state index in [9.17, 15) is 19.5 Å². The number of nitrogens with zero attached hydrogens (tertiary/aromatic N) is 1. The number of aryl methyl sites for hydroxylation is 1. The first-order chi connectivity index (χ1) is 9.93. The summed E-state index contributed by atoms with van der Waals surface area (Å²) < 4.78 is 0. The maximum absolute atomic E-state index is 12.5. The Morgan fingerprint density at radius 3 is 2.71 bits per heavy atom. The maximum Gasteiger partial charge on any atom is 0.326 e. The van der Waals surface area contributed by atoms with Gasteiger partial charge in [0.05, 0.1) is 0 Å². The first kappa shape index (κ1) is 15.3. The molecule has 1 aromatic rings. The number of pyridine rings is 1. The van der Waals surface area contributed by atoms with E-state index in [-0.39, 0.29) is 5.56 Å². The van der Waals surface area contributed by atoms with Crippen molar-refractivity contribution in [2.24, 2.45) is 5.92 Å². The Kier molecular flexibility index (Phi) is 4.45. The zero-order chi connectivity index (χ0) is 15.6. The van der Waals surface area contributed by atoms with E-state index in [1.54, 1.807) is 13.0 Å². The lowest BCUT2D eigenvalue weighted by Crippen LogP contribution is -2.51. The Hall–Kier alpha value is -2.11. The molecule has 114 valence electrons. The minimum Gasteiger partial charge on any atom is -0.480 e. The number of carbonyl (C=O) groups is 2. The van der Waals surface area contributed by atoms with E-state index in [1.807, 2.05) is 6.92 Å². The number of likely N-dealkylation sites (tertiary alicyclic amines) is 1. The molecule has 0 aromatic carbocycles. The molecule has 6 heteroatoms. The summed E-state index contributed by atoms with van der Waals surface area (Å²) in [6.07, 6.45) is 2.12. The molecule has 1 aromatic heterocycles. The van der Waals surface area contributed by atoms with E-state index in [4.69, 9.17) is 0 Å². The van der Waals surface area contributed by atoms with Gasteiger partial charge in [0.25, 0.3) is 11.5 Å². The Morgan fingerprint density at radius 1 is 1.43 bits per heavy atom. The van der Waals surface area contributed by atoms with Gasteiger partial charge in [-0.05, 0) is 37.8 Å². The van der Waals surface area contributed by atoms with Crippen molar-refractivity contribution in [2.75, 3.05) is 6.54 Å². The van der Waals surface area contributed by atoms with Gasteiger partial charge in [0.2, 0.25) is 0 Å². The maximum atomic E-state index is 12.5. The van der Waals surface area contributed by atoms with Gasteiger partial charge in [-0.2, -0.15) is 0 Å². The summed E-state index contributed by atoms with van der Waals surface area (Å²) in [7, 11) is 0. The number of rotatable bonds is 3. The van der Waals surface area contributed by atoms with E-state index >= 15 is 0 Å². The molecule has 0 radical (unpaired) electrons. The highest BCUT2D eigenvalue weighted by molar-refractivity contribution is 5.96. The highest BCUT2D eigenvalue weighted by Crippen LogP contribution is 2.26. The second-order valence-electron chi connectivity index (χ2n) is 5.54. The summed E-state index contributed by atoms with van der Waals surface area (Å²) in [6, 6.07) is 2.25. The van der Waals surface area contributed by atoms with Gasteiger partial charge in [0, 0.05) is 12.2 Å². The number of carbonyl (C=O) groups excluding carboxylic acids is 1. The van der Waals surface area contributed by atoms with Crippen LogP contribution in [-0.4, -0.2) is 39.5 Å². The number of H-pyrrole nitrogens is 1. The molecule has 1 aliphatic rings. The van der Waals surface area contributed by atoms with Crippen molar-refractivity contribution in [1.82, 2.24) is 9.88 Å². The summed E-state index contributed by atoms with van der Waals surface area (Å²) in [5.41, 5.74) is 0.194. The molecule has 0 aliphatic carbocycles. The molecule has 6 nitrogen and oxygen atoms in total. The van der Waals surface area contributed by atoms with Gasteiger partial charge in [-0.15, -0.1) is 0 Å². The van der Waals surface area contributed by atoms with Crippen molar-refractivity contribution < 1.29 is 14.7 Å². The van der Waals surface area contributed by atoms with Crippen molar-refractivity contribution in [2.45, 2.75) is 39.2 Å². The molecule has 1 fully saturated rings. The zero-order valence-electron chi connectivity index (χ0n) is 12.3. The SMILES string of the molecule is CCC1CCN(C(=O)c2ccc(C)[nH]c2=O)C(C(=O)O)C1. The molecule has 0 saturated carbocycles. The highest BCUT2D eigenvalue weighted by atomic mass is 16.4. The first-order valence-electron chi connectivity index (χ1n) is 7.17. The molecular weight excluding hydrogens is 272 g/mol. The minimum atomic E-state index is -1.01. The third kappa shape index (κ3) is 3.15. The molecule has 1 aliphatic heterocycles. The van der Waals surface area contributed by atoms with Crippen LogP contribution in [0.2, 0.25) is 0 Å². The van der Waals surface area contributed by atoms with Gasteiger partial charge in [0.1, 0.15) is 11.6 Å². The minimum absolute atomic E-state index is 0.00167.